The molecule has 1 radical (unpaired) electrons. The molecule has 0 bridgehead atoms. The summed E-state index contributed by atoms with van der Waals surface area (Å²) >= 11 is 0. The third-order valence-electron chi connectivity index (χ3n) is 2.88. The first-order valence-corrected chi connectivity index (χ1v) is 6.38. The highest BCUT2D eigenvalue weighted by molar-refractivity contribution is 5.81. The van der Waals surface area contributed by atoms with Crippen LogP contribution in [0.15, 0.2) is 53.7 Å². The van der Waals surface area contributed by atoms with Gasteiger partial charge in [-0.3, -0.25) is 0 Å². The van der Waals surface area contributed by atoms with Gasteiger partial charge in [0.25, 0.3) is 0 Å². The predicted octanol–water partition coefficient (Wildman–Crippen LogP) is 4.14. The van der Waals surface area contributed by atoms with E-state index in [9.17, 15) is 13.2 Å². The molecule has 0 saturated carbocycles. The zero-order valence-electron chi connectivity index (χ0n) is 11.7. The van der Waals surface area contributed by atoms with Crippen molar-refractivity contribution in [3.8, 4) is 5.75 Å². The summed E-state index contributed by atoms with van der Waals surface area (Å²) in [5.41, 5.74) is -0.241. The Labute approximate surface area is 126 Å². The molecule has 0 aliphatic carbocycles. The molecule has 0 aliphatic rings. The van der Waals surface area contributed by atoms with Gasteiger partial charge in [-0.15, -0.1) is 0 Å². The van der Waals surface area contributed by atoms with Crippen molar-refractivity contribution in [2.75, 3.05) is 7.11 Å². The minimum atomic E-state index is -4.46. The van der Waals surface area contributed by atoms with Crippen molar-refractivity contribution in [1.29, 1.82) is 0 Å². The van der Waals surface area contributed by atoms with E-state index < -0.39 is 11.7 Å². The average Bonchev–Trinajstić information content (AvgIpc) is 2.51. The highest BCUT2D eigenvalue weighted by Crippen LogP contribution is 2.31. The maximum Gasteiger partial charge on any atom is 0.417 e. The predicted molar refractivity (Wildman–Crippen MR) is 75.8 cm³/mol. The molecular formula is C16H13F3NO2. The number of para-hydroxylation sites is 1. The van der Waals surface area contributed by atoms with Gasteiger partial charge in [-0.25, -0.2) is 0 Å². The molecule has 0 fully saturated rings. The molecule has 0 aromatic heterocycles. The summed E-state index contributed by atoms with van der Waals surface area (Å²) in [7, 11) is 1.52. The van der Waals surface area contributed by atoms with Crippen LogP contribution in [0.4, 0.5) is 13.2 Å². The van der Waals surface area contributed by atoms with Crippen LogP contribution in [0.5, 0.6) is 5.75 Å². The highest BCUT2D eigenvalue weighted by Gasteiger charge is 2.32. The van der Waals surface area contributed by atoms with Crippen LogP contribution in [0.3, 0.4) is 0 Å². The molecule has 2 aromatic rings. The van der Waals surface area contributed by atoms with Crippen LogP contribution >= 0.6 is 0 Å². The van der Waals surface area contributed by atoms with Crippen molar-refractivity contribution < 1.29 is 22.7 Å². The Bertz CT molecular complexity index is 654. The van der Waals surface area contributed by atoms with Crippen molar-refractivity contribution in [3.63, 3.8) is 0 Å². The third kappa shape index (κ3) is 4.00. The van der Waals surface area contributed by atoms with E-state index in [4.69, 9.17) is 9.57 Å². The van der Waals surface area contributed by atoms with Crippen LogP contribution in [-0.2, 0) is 17.6 Å². The van der Waals surface area contributed by atoms with Crippen LogP contribution < -0.4 is 4.74 Å². The lowest BCUT2D eigenvalue weighted by molar-refractivity contribution is -0.137. The first-order chi connectivity index (χ1) is 10.5. The fourth-order valence-electron chi connectivity index (χ4n) is 1.83. The van der Waals surface area contributed by atoms with Gasteiger partial charge in [0.2, 0.25) is 0 Å². The number of hydrogen-bond acceptors (Lipinski definition) is 3. The Kier molecular flexibility index (Phi) is 5.04. The minimum absolute atomic E-state index is 0.0746. The number of rotatable bonds is 5. The molecule has 22 heavy (non-hydrogen) atoms. The summed E-state index contributed by atoms with van der Waals surface area (Å²) in [5, 5.41) is 3.48. The molecule has 0 saturated heterocycles. The van der Waals surface area contributed by atoms with Gasteiger partial charge in [0.1, 0.15) is 18.6 Å². The Balaban J connectivity index is 2.05. The van der Waals surface area contributed by atoms with Gasteiger partial charge in [-0.1, -0.05) is 41.6 Å². The summed E-state index contributed by atoms with van der Waals surface area (Å²) in [5.74, 6) is 0.619. The molecule has 0 aliphatic heterocycles. The molecule has 3 nitrogen and oxygen atoms in total. The van der Waals surface area contributed by atoms with Crippen molar-refractivity contribution >= 4 is 6.21 Å². The average molecular weight is 308 g/mol. The highest BCUT2D eigenvalue weighted by atomic mass is 19.4. The largest absolute Gasteiger partial charge is 0.496 e. The molecular weight excluding hydrogens is 295 g/mol. The van der Waals surface area contributed by atoms with Gasteiger partial charge in [0.15, 0.2) is 0 Å². The van der Waals surface area contributed by atoms with Crippen LogP contribution in [-0.4, -0.2) is 13.3 Å². The molecule has 0 spiro atoms. The fourth-order valence-corrected chi connectivity index (χ4v) is 1.83. The second-order valence-electron chi connectivity index (χ2n) is 4.33. The van der Waals surface area contributed by atoms with E-state index in [0.29, 0.717) is 5.75 Å². The smallest absolute Gasteiger partial charge is 0.417 e. The summed E-state index contributed by atoms with van der Waals surface area (Å²) in [6.45, 7) is 0.0746. The van der Waals surface area contributed by atoms with Crippen LogP contribution in [0.25, 0.3) is 0 Å². The second-order valence-corrected chi connectivity index (χ2v) is 4.33. The Hall–Kier alpha value is -2.50. The fraction of sp³-hybridized carbons (Fsp3) is 0.188. The van der Waals surface area contributed by atoms with Crippen molar-refractivity contribution in [2.45, 2.75) is 12.8 Å². The van der Waals surface area contributed by atoms with E-state index in [-0.39, 0.29) is 12.2 Å². The topological polar surface area (TPSA) is 30.8 Å². The van der Waals surface area contributed by atoms with Gasteiger partial charge < -0.3 is 9.57 Å². The van der Waals surface area contributed by atoms with Gasteiger partial charge in [0, 0.05) is 11.1 Å². The Morgan fingerprint density at radius 3 is 2.45 bits per heavy atom. The molecule has 2 rings (SSSR count). The Morgan fingerprint density at radius 1 is 1.05 bits per heavy atom. The normalized spacial score (nSPS) is 11.6. The van der Waals surface area contributed by atoms with Crippen molar-refractivity contribution in [1.82, 2.24) is 0 Å². The molecule has 0 amide bonds. The maximum absolute atomic E-state index is 12.8. The Morgan fingerprint density at radius 2 is 1.73 bits per heavy atom. The molecule has 0 N–H and O–H groups in total. The molecule has 2 aromatic carbocycles. The molecule has 115 valence electrons. The van der Waals surface area contributed by atoms with Gasteiger partial charge in [-0.2, -0.15) is 13.2 Å². The zero-order chi connectivity index (χ0) is 16.0. The summed E-state index contributed by atoms with van der Waals surface area (Å²) in [6.07, 6.45) is -2.19. The summed E-state index contributed by atoms with van der Waals surface area (Å²) in [4.78, 5) is 5.00. The third-order valence-corrected chi connectivity index (χ3v) is 2.88. The number of benzene rings is 2. The molecule has 6 heteroatoms. The van der Waals surface area contributed by atoms with Crippen LogP contribution in [0.2, 0.25) is 0 Å². The maximum atomic E-state index is 12.8. The molecule has 0 atom stereocenters. The molecule has 0 heterocycles. The first-order valence-electron chi connectivity index (χ1n) is 6.38. The van der Waals surface area contributed by atoms with E-state index in [1.54, 1.807) is 24.3 Å². The van der Waals surface area contributed by atoms with E-state index in [1.165, 1.54) is 25.3 Å². The SMILES string of the molecule is COc1ccccc1CO/N=[C]\c1ccccc1C(F)(F)F. The van der Waals surface area contributed by atoms with Crippen molar-refractivity contribution in [2.24, 2.45) is 5.16 Å². The minimum Gasteiger partial charge on any atom is -0.496 e. The lowest BCUT2D eigenvalue weighted by Crippen LogP contribution is -2.08. The van der Waals surface area contributed by atoms with E-state index in [0.717, 1.165) is 11.6 Å². The number of methoxy groups -OCH3 is 1. The van der Waals surface area contributed by atoms with Crippen LogP contribution in [0.1, 0.15) is 16.7 Å². The number of hydrogen-bond donors (Lipinski definition) is 0. The summed E-state index contributed by atoms with van der Waals surface area (Å²) in [6, 6.07) is 12.2. The second kappa shape index (κ2) is 6.98. The number of halogens is 3. The van der Waals surface area contributed by atoms with Crippen LogP contribution in [0, 0.1) is 0 Å². The lowest BCUT2D eigenvalue weighted by Gasteiger charge is -2.09. The summed E-state index contributed by atoms with van der Waals surface area (Å²) < 4.78 is 43.5. The van der Waals surface area contributed by atoms with Gasteiger partial charge >= 0.3 is 6.18 Å². The zero-order valence-corrected chi connectivity index (χ0v) is 11.7. The lowest BCUT2D eigenvalue weighted by atomic mass is 10.1. The van der Waals surface area contributed by atoms with E-state index in [1.807, 2.05) is 0 Å². The monoisotopic (exact) mass is 308 g/mol. The number of nitrogens with zero attached hydrogens (tertiary/aromatic N) is 1. The number of ether oxygens (including phenoxy) is 1. The standard InChI is InChI=1S/C16H13F3NO2/c1-21-15-9-5-3-7-13(15)11-22-20-10-12-6-2-4-8-14(12)16(17,18)19/h2-9H,11H2,1H3. The first kappa shape index (κ1) is 15.9. The van der Waals surface area contributed by atoms with E-state index in [2.05, 4.69) is 11.4 Å². The van der Waals surface area contributed by atoms with Crippen molar-refractivity contribution in [3.05, 3.63) is 65.2 Å². The van der Waals surface area contributed by atoms with Gasteiger partial charge in [-0.05, 0) is 12.1 Å². The van der Waals surface area contributed by atoms with Gasteiger partial charge in [0.05, 0.1) is 12.7 Å². The quantitative estimate of drug-likeness (QED) is 0.614. The number of alkyl halides is 3. The van der Waals surface area contributed by atoms with E-state index >= 15 is 0 Å². The molecule has 0 unspecified atom stereocenters.